The normalized spacial score (nSPS) is 20.9. The topological polar surface area (TPSA) is 71.1 Å². The van der Waals surface area contributed by atoms with Gasteiger partial charge in [0.05, 0.1) is 6.61 Å². The molecular formula is C18H26O6Si. The van der Waals surface area contributed by atoms with E-state index < -0.39 is 26.3 Å². The average molecular weight is 366 g/mol. The highest BCUT2D eigenvalue weighted by molar-refractivity contribution is 6.82. The summed E-state index contributed by atoms with van der Waals surface area (Å²) in [5.41, 5.74) is 0.844. The molecule has 0 saturated heterocycles. The third-order valence-corrected chi connectivity index (χ3v) is 7.31. The van der Waals surface area contributed by atoms with Gasteiger partial charge < -0.3 is 18.3 Å². The minimum Gasteiger partial charge on any atom is -0.482 e. The summed E-state index contributed by atoms with van der Waals surface area (Å²) in [6.07, 6.45) is 0.938. The molecule has 0 aliphatic carbocycles. The molecule has 6 nitrogen and oxygen atoms in total. The molecule has 1 aromatic carbocycles. The fourth-order valence-electron chi connectivity index (χ4n) is 2.84. The molecule has 0 radical (unpaired) electrons. The molecule has 0 bridgehead atoms. The molecule has 1 heterocycles. The highest BCUT2D eigenvalue weighted by Crippen LogP contribution is 2.36. The largest absolute Gasteiger partial charge is 0.496 e. The van der Waals surface area contributed by atoms with Crippen molar-refractivity contribution in [2.75, 3.05) is 0 Å². The average Bonchev–Trinajstić information content (AvgIpc) is 2.51. The lowest BCUT2D eigenvalue weighted by atomic mass is 9.98. The number of carbonyl (C=O) groups excluding carboxylic acids is 2. The van der Waals surface area contributed by atoms with Crippen LogP contribution in [0.2, 0.25) is 6.55 Å². The minimum atomic E-state index is -3.19. The van der Waals surface area contributed by atoms with Gasteiger partial charge in [0.15, 0.2) is 0 Å². The third kappa shape index (κ3) is 4.22. The number of fused-ring (bicyclic) bond motifs is 1. The van der Waals surface area contributed by atoms with Crippen molar-refractivity contribution in [1.29, 1.82) is 0 Å². The molecule has 0 spiro atoms. The van der Waals surface area contributed by atoms with Gasteiger partial charge in [0, 0.05) is 44.0 Å². The molecule has 2 unspecified atom stereocenters. The van der Waals surface area contributed by atoms with Gasteiger partial charge in [-0.2, -0.15) is 0 Å². The van der Waals surface area contributed by atoms with E-state index in [9.17, 15) is 9.59 Å². The second kappa shape index (κ2) is 7.17. The van der Waals surface area contributed by atoms with Crippen LogP contribution in [-0.4, -0.2) is 26.3 Å². The van der Waals surface area contributed by atoms with Crippen LogP contribution in [0.3, 0.4) is 0 Å². The Kier molecular flexibility index (Phi) is 5.58. The van der Waals surface area contributed by atoms with E-state index >= 15 is 0 Å². The van der Waals surface area contributed by atoms with Gasteiger partial charge in [0.25, 0.3) is 11.9 Å². The van der Waals surface area contributed by atoms with Crippen LogP contribution in [0.4, 0.5) is 0 Å². The van der Waals surface area contributed by atoms with Crippen LogP contribution >= 0.6 is 0 Å². The Morgan fingerprint density at radius 3 is 2.40 bits per heavy atom. The van der Waals surface area contributed by atoms with E-state index in [1.165, 1.54) is 13.8 Å². The Hall–Kier alpha value is -1.86. The molecule has 1 aliphatic heterocycles. The first-order chi connectivity index (χ1) is 11.6. The molecule has 0 saturated carbocycles. The SMILES string of the molecule is CCC(C)C1(C)OCc2cc([Si](C)(OC(C)=O)OC(C)=O)ccc2O1. The summed E-state index contributed by atoms with van der Waals surface area (Å²) in [6, 6.07) is 5.45. The molecule has 25 heavy (non-hydrogen) atoms. The Morgan fingerprint density at radius 2 is 1.88 bits per heavy atom. The van der Waals surface area contributed by atoms with E-state index in [2.05, 4.69) is 13.8 Å². The lowest BCUT2D eigenvalue weighted by Crippen LogP contribution is -2.53. The highest BCUT2D eigenvalue weighted by atomic mass is 28.4. The Bertz CT molecular complexity index is 658. The van der Waals surface area contributed by atoms with Crippen LogP contribution in [0.5, 0.6) is 5.75 Å². The standard InChI is InChI=1S/C18H26O6Si/c1-7-12(2)18(5)21-11-15-10-16(8-9-17(15)22-18)25(6,23-13(3)19)24-14(4)20/h8-10,12H,7,11H2,1-6H3. The summed E-state index contributed by atoms with van der Waals surface area (Å²) in [6.45, 7) is 10.8. The first kappa shape index (κ1) is 19.5. The van der Waals surface area contributed by atoms with Crippen molar-refractivity contribution in [3.8, 4) is 5.75 Å². The number of rotatable bonds is 5. The Balaban J connectivity index is 2.34. The zero-order chi connectivity index (χ0) is 18.8. The van der Waals surface area contributed by atoms with Crippen LogP contribution < -0.4 is 9.92 Å². The quantitative estimate of drug-likeness (QED) is 0.746. The number of ether oxygens (including phenoxy) is 2. The summed E-state index contributed by atoms with van der Waals surface area (Å²) in [5.74, 6) is -0.660. The summed E-state index contributed by atoms with van der Waals surface area (Å²) in [5, 5.41) is 0.677. The highest BCUT2D eigenvalue weighted by Gasteiger charge is 2.43. The molecule has 1 aliphatic rings. The molecular weight excluding hydrogens is 340 g/mol. The lowest BCUT2D eigenvalue weighted by molar-refractivity contribution is -0.223. The second-order valence-corrected chi connectivity index (χ2v) is 9.55. The van der Waals surface area contributed by atoms with E-state index in [1.54, 1.807) is 12.6 Å². The van der Waals surface area contributed by atoms with E-state index in [4.69, 9.17) is 18.3 Å². The number of hydrogen-bond donors (Lipinski definition) is 0. The van der Waals surface area contributed by atoms with Gasteiger partial charge in [-0.15, -0.1) is 0 Å². The van der Waals surface area contributed by atoms with Gasteiger partial charge in [-0.1, -0.05) is 19.9 Å². The number of carbonyl (C=O) groups is 2. The predicted molar refractivity (Wildman–Crippen MR) is 94.5 cm³/mol. The fourth-order valence-corrected chi connectivity index (χ4v) is 5.04. The third-order valence-electron chi connectivity index (χ3n) is 4.60. The molecule has 0 aromatic heterocycles. The van der Waals surface area contributed by atoms with Crippen LogP contribution in [0, 0.1) is 5.92 Å². The van der Waals surface area contributed by atoms with Gasteiger partial charge in [-0.05, 0) is 18.6 Å². The molecule has 2 atom stereocenters. The summed E-state index contributed by atoms with van der Waals surface area (Å²) in [4.78, 5) is 22.9. The zero-order valence-corrected chi connectivity index (χ0v) is 16.7. The monoisotopic (exact) mass is 366 g/mol. The van der Waals surface area contributed by atoms with Crippen molar-refractivity contribution in [1.82, 2.24) is 0 Å². The summed E-state index contributed by atoms with van der Waals surface area (Å²) in [7, 11) is -3.19. The molecule has 7 heteroatoms. The van der Waals surface area contributed by atoms with Crippen molar-refractivity contribution in [3.05, 3.63) is 23.8 Å². The smallest absolute Gasteiger partial charge is 0.482 e. The summed E-state index contributed by atoms with van der Waals surface area (Å²) >= 11 is 0. The fraction of sp³-hybridized carbons (Fsp3) is 0.556. The molecule has 0 amide bonds. The van der Waals surface area contributed by atoms with E-state index in [1.807, 2.05) is 19.1 Å². The van der Waals surface area contributed by atoms with Crippen LogP contribution in [0.1, 0.15) is 46.6 Å². The van der Waals surface area contributed by atoms with Gasteiger partial charge in [-0.25, -0.2) is 0 Å². The van der Waals surface area contributed by atoms with Gasteiger partial charge in [0.1, 0.15) is 5.75 Å². The Morgan fingerprint density at radius 1 is 1.28 bits per heavy atom. The number of benzene rings is 1. The predicted octanol–water partition coefficient (Wildman–Crippen LogP) is 2.76. The minimum absolute atomic E-state index is 0.238. The first-order valence-electron chi connectivity index (χ1n) is 8.45. The first-order valence-corrected chi connectivity index (χ1v) is 10.8. The maximum atomic E-state index is 11.5. The molecule has 2 rings (SSSR count). The van der Waals surface area contributed by atoms with Crippen molar-refractivity contribution in [2.24, 2.45) is 5.92 Å². The second-order valence-electron chi connectivity index (χ2n) is 6.67. The van der Waals surface area contributed by atoms with Crippen LogP contribution in [0.15, 0.2) is 18.2 Å². The van der Waals surface area contributed by atoms with Crippen molar-refractivity contribution < 1.29 is 27.9 Å². The Labute approximate surface area is 149 Å². The lowest BCUT2D eigenvalue weighted by Gasteiger charge is -2.40. The zero-order valence-electron chi connectivity index (χ0n) is 15.7. The van der Waals surface area contributed by atoms with E-state index in [0.29, 0.717) is 11.8 Å². The van der Waals surface area contributed by atoms with Gasteiger partial charge in [0.2, 0.25) is 5.79 Å². The maximum Gasteiger partial charge on any atom is 0.496 e. The van der Waals surface area contributed by atoms with Crippen molar-refractivity contribution in [3.63, 3.8) is 0 Å². The van der Waals surface area contributed by atoms with Gasteiger partial charge >= 0.3 is 8.56 Å². The van der Waals surface area contributed by atoms with Gasteiger partial charge in [-0.3, -0.25) is 9.59 Å². The molecule has 1 aromatic rings. The van der Waals surface area contributed by atoms with Crippen molar-refractivity contribution >= 4 is 25.7 Å². The summed E-state index contributed by atoms with van der Waals surface area (Å²) < 4.78 is 22.8. The maximum absolute atomic E-state index is 11.5. The number of hydrogen-bond acceptors (Lipinski definition) is 6. The molecule has 0 N–H and O–H groups in total. The van der Waals surface area contributed by atoms with Crippen LogP contribution in [0.25, 0.3) is 0 Å². The van der Waals surface area contributed by atoms with E-state index in [-0.39, 0.29) is 5.92 Å². The molecule has 0 fully saturated rings. The molecule has 138 valence electrons. The van der Waals surface area contributed by atoms with Crippen molar-refractivity contribution in [2.45, 2.75) is 60.0 Å². The van der Waals surface area contributed by atoms with E-state index in [0.717, 1.165) is 17.7 Å². The van der Waals surface area contributed by atoms with Crippen LogP contribution in [-0.2, 0) is 29.8 Å².